The summed E-state index contributed by atoms with van der Waals surface area (Å²) in [5.74, 6) is 1.26. The van der Waals surface area contributed by atoms with Gasteiger partial charge in [0, 0.05) is 19.6 Å². The van der Waals surface area contributed by atoms with Crippen LogP contribution in [0.5, 0.6) is 0 Å². The molecule has 0 aliphatic rings. The molecule has 1 rings (SSSR count). The van der Waals surface area contributed by atoms with Crippen LogP contribution in [0.4, 0.5) is 5.95 Å². The Kier molecular flexibility index (Phi) is 5.98. The number of rotatable bonds is 7. The van der Waals surface area contributed by atoms with Crippen molar-refractivity contribution in [3.05, 3.63) is 11.4 Å². The molecule has 1 aromatic heterocycles. The maximum Gasteiger partial charge on any atom is 0.245 e. The predicted octanol–water partition coefficient (Wildman–Crippen LogP) is 1.42. The van der Waals surface area contributed by atoms with Gasteiger partial charge in [0.15, 0.2) is 0 Å². The SMILES string of the molecule is CCc1nnc(N(CCN)CC(C)C)nc1CC. The molecule has 0 fully saturated rings. The number of aryl methyl sites for hydroxylation is 2. The van der Waals surface area contributed by atoms with Gasteiger partial charge in [0.25, 0.3) is 0 Å². The zero-order chi connectivity index (χ0) is 13.5. The zero-order valence-corrected chi connectivity index (χ0v) is 12.0. The first-order valence-electron chi connectivity index (χ1n) is 6.79. The summed E-state index contributed by atoms with van der Waals surface area (Å²) in [6.45, 7) is 10.8. The van der Waals surface area contributed by atoms with E-state index in [1.54, 1.807) is 0 Å². The van der Waals surface area contributed by atoms with E-state index in [2.05, 4.69) is 47.8 Å². The van der Waals surface area contributed by atoms with Gasteiger partial charge in [-0.1, -0.05) is 27.7 Å². The number of aromatic nitrogens is 3. The molecule has 0 aliphatic carbocycles. The minimum absolute atomic E-state index is 0.552. The van der Waals surface area contributed by atoms with Crippen molar-refractivity contribution in [2.45, 2.75) is 40.5 Å². The quantitative estimate of drug-likeness (QED) is 0.793. The van der Waals surface area contributed by atoms with Gasteiger partial charge in [-0.15, -0.1) is 5.10 Å². The van der Waals surface area contributed by atoms with E-state index < -0.39 is 0 Å². The molecule has 1 aromatic rings. The molecule has 5 heteroatoms. The Hall–Kier alpha value is -1.23. The molecular formula is C13H25N5. The lowest BCUT2D eigenvalue weighted by Gasteiger charge is -2.24. The van der Waals surface area contributed by atoms with Gasteiger partial charge in [0.1, 0.15) is 0 Å². The maximum atomic E-state index is 5.65. The van der Waals surface area contributed by atoms with E-state index in [0.29, 0.717) is 18.4 Å². The Morgan fingerprint density at radius 1 is 1.11 bits per heavy atom. The topological polar surface area (TPSA) is 67.9 Å². The monoisotopic (exact) mass is 251 g/mol. The molecule has 0 bridgehead atoms. The third-order valence-electron chi connectivity index (χ3n) is 2.77. The number of hydrogen-bond donors (Lipinski definition) is 1. The van der Waals surface area contributed by atoms with Crippen LogP contribution in [0, 0.1) is 5.92 Å². The summed E-state index contributed by atoms with van der Waals surface area (Å²) >= 11 is 0. The predicted molar refractivity (Wildman–Crippen MR) is 74.7 cm³/mol. The van der Waals surface area contributed by atoms with Crippen molar-refractivity contribution in [2.24, 2.45) is 11.7 Å². The van der Waals surface area contributed by atoms with Crippen LogP contribution in [0.15, 0.2) is 0 Å². The van der Waals surface area contributed by atoms with Crippen LogP contribution in [0.3, 0.4) is 0 Å². The van der Waals surface area contributed by atoms with Crippen molar-refractivity contribution in [1.29, 1.82) is 0 Å². The van der Waals surface area contributed by atoms with Gasteiger partial charge < -0.3 is 10.6 Å². The minimum Gasteiger partial charge on any atom is -0.338 e. The summed E-state index contributed by atoms with van der Waals surface area (Å²) in [7, 11) is 0. The molecule has 0 aromatic carbocycles. The number of hydrogen-bond acceptors (Lipinski definition) is 5. The van der Waals surface area contributed by atoms with Crippen LogP contribution in [0.2, 0.25) is 0 Å². The molecule has 0 spiro atoms. The summed E-state index contributed by atoms with van der Waals surface area (Å²) in [6, 6.07) is 0. The van der Waals surface area contributed by atoms with Crippen molar-refractivity contribution in [3.8, 4) is 0 Å². The molecule has 0 aliphatic heterocycles. The van der Waals surface area contributed by atoms with Crippen molar-refractivity contribution in [3.63, 3.8) is 0 Å². The fourth-order valence-corrected chi connectivity index (χ4v) is 1.93. The first kappa shape index (κ1) is 14.8. The highest BCUT2D eigenvalue weighted by Gasteiger charge is 2.13. The third-order valence-corrected chi connectivity index (χ3v) is 2.77. The summed E-state index contributed by atoms with van der Waals surface area (Å²) in [5.41, 5.74) is 7.70. The van der Waals surface area contributed by atoms with Gasteiger partial charge in [-0.05, 0) is 18.8 Å². The lowest BCUT2D eigenvalue weighted by molar-refractivity contribution is 0.595. The molecule has 5 nitrogen and oxygen atoms in total. The van der Waals surface area contributed by atoms with Crippen molar-refractivity contribution >= 4 is 5.95 Å². The summed E-state index contributed by atoms with van der Waals surface area (Å²) in [4.78, 5) is 6.75. The molecule has 0 amide bonds. The molecule has 0 saturated heterocycles. The molecule has 0 saturated carbocycles. The van der Waals surface area contributed by atoms with Gasteiger partial charge in [-0.25, -0.2) is 4.98 Å². The molecule has 1 heterocycles. The molecule has 0 atom stereocenters. The van der Waals surface area contributed by atoms with Crippen molar-refractivity contribution < 1.29 is 0 Å². The molecular weight excluding hydrogens is 226 g/mol. The number of nitrogens with two attached hydrogens (primary N) is 1. The maximum absolute atomic E-state index is 5.65. The van der Waals surface area contributed by atoms with E-state index in [4.69, 9.17) is 5.73 Å². The first-order valence-corrected chi connectivity index (χ1v) is 6.79. The second-order valence-corrected chi connectivity index (χ2v) is 4.84. The van der Waals surface area contributed by atoms with Gasteiger partial charge in [-0.3, -0.25) is 0 Å². The van der Waals surface area contributed by atoms with Crippen LogP contribution in [-0.2, 0) is 12.8 Å². The van der Waals surface area contributed by atoms with E-state index in [9.17, 15) is 0 Å². The number of nitrogens with zero attached hydrogens (tertiary/aromatic N) is 4. The molecule has 2 N–H and O–H groups in total. The third kappa shape index (κ3) is 3.91. The first-order chi connectivity index (χ1) is 8.62. The average Bonchev–Trinajstić information content (AvgIpc) is 2.37. The number of anilines is 1. The highest BCUT2D eigenvalue weighted by molar-refractivity contribution is 5.30. The van der Waals surface area contributed by atoms with Crippen LogP contribution in [0.25, 0.3) is 0 Å². The molecule has 18 heavy (non-hydrogen) atoms. The fourth-order valence-electron chi connectivity index (χ4n) is 1.93. The summed E-state index contributed by atoms with van der Waals surface area (Å²) < 4.78 is 0. The zero-order valence-electron chi connectivity index (χ0n) is 12.0. The Morgan fingerprint density at radius 3 is 2.28 bits per heavy atom. The van der Waals surface area contributed by atoms with Crippen molar-refractivity contribution in [2.75, 3.05) is 24.5 Å². The molecule has 0 unspecified atom stereocenters. The van der Waals surface area contributed by atoms with Crippen LogP contribution >= 0.6 is 0 Å². The normalized spacial score (nSPS) is 11.0. The van der Waals surface area contributed by atoms with Gasteiger partial charge in [0.2, 0.25) is 5.95 Å². The minimum atomic E-state index is 0.552. The Labute approximate surface area is 110 Å². The second-order valence-electron chi connectivity index (χ2n) is 4.84. The van der Waals surface area contributed by atoms with E-state index in [1.807, 2.05) is 0 Å². The van der Waals surface area contributed by atoms with Gasteiger partial charge in [-0.2, -0.15) is 5.10 Å². The van der Waals surface area contributed by atoms with Gasteiger partial charge in [0.05, 0.1) is 11.4 Å². The highest BCUT2D eigenvalue weighted by atomic mass is 15.3. The summed E-state index contributed by atoms with van der Waals surface area (Å²) in [6.07, 6.45) is 1.77. The standard InChI is InChI=1S/C13H25N5/c1-5-11-12(6-2)16-17-13(15-11)18(8-7-14)9-10(3)4/h10H,5-9,14H2,1-4H3. The van der Waals surface area contributed by atoms with Crippen LogP contribution in [0.1, 0.15) is 39.1 Å². The van der Waals surface area contributed by atoms with E-state index >= 15 is 0 Å². The van der Waals surface area contributed by atoms with E-state index in [-0.39, 0.29) is 0 Å². The fraction of sp³-hybridized carbons (Fsp3) is 0.769. The van der Waals surface area contributed by atoms with Crippen LogP contribution in [-0.4, -0.2) is 34.8 Å². The van der Waals surface area contributed by atoms with Crippen LogP contribution < -0.4 is 10.6 Å². The smallest absolute Gasteiger partial charge is 0.245 e. The summed E-state index contributed by atoms with van der Waals surface area (Å²) in [5, 5.41) is 8.52. The van der Waals surface area contributed by atoms with Gasteiger partial charge >= 0.3 is 0 Å². The lowest BCUT2D eigenvalue weighted by Crippen LogP contribution is -2.34. The van der Waals surface area contributed by atoms with E-state index in [1.165, 1.54) is 0 Å². The Bertz CT molecular complexity index is 364. The molecule has 102 valence electrons. The molecule has 0 radical (unpaired) electrons. The van der Waals surface area contributed by atoms with Crippen molar-refractivity contribution in [1.82, 2.24) is 15.2 Å². The average molecular weight is 251 g/mol. The lowest BCUT2D eigenvalue weighted by atomic mass is 10.2. The second kappa shape index (κ2) is 7.26. The Morgan fingerprint density at radius 2 is 1.78 bits per heavy atom. The largest absolute Gasteiger partial charge is 0.338 e. The Balaban J connectivity index is 2.97. The van der Waals surface area contributed by atoms with E-state index in [0.717, 1.165) is 37.3 Å². The highest BCUT2D eigenvalue weighted by Crippen LogP contribution is 2.12.